The topological polar surface area (TPSA) is 52.0 Å². The molecule has 5 heteroatoms. The minimum Gasteiger partial charge on any atom is -0.487 e. The second kappa shape index (κ2) is 5.88. The average molecular weight is 326 g/mol. The fourth-order valence-corrected chi connectivity index (χ4v) is 3.89. The van der Waals surface area contributed by atoms with Gasteiger partial charge in [0.1, 0.15) is 23.0 Å². The van der Waals surface area contributed by atoms with E-state index in [4.69, 9.17) is 4.74 Å². The van der Waals surface area contributed by atoms with Crippen LogP contribution in [0.4, 0.5) is 0 Å². The third-order valence-electron chi connectivity index (χ3n) is 5.12. The van der Waals surface area contributed by atoms with Crippen molar-refractivity contribution in [2.45, 2.75) is 58.7 Å². The summed E-state index contributed by atoms with van der Waals surface area (Å²) in [4.78, 5) is 0. The molecule has 1 aromatic heterocycles. The van der Waals surface area contributed by atoms with Gasteiger partial charge in [-0.15, -0.1) is 10.2 Å². The first kappa shape index (κ1) is 15.6. The summed E-state index contributed by atoms with van der Waals surface area (Å²) in [5.41, 5.74) is 2.61. The predicted octanol–water partition coefficient (Wildman–Crippen LogP) is 2.65. The van der Waals surface area contributed by atoms with E-state index in [1.807, 2.05) is 6.92 Å². The number of nitrogens with one attached hydrogen (secondary N) is 1. The van der Waals surface area contributed by atoms with Crippen LogP contribution in [0.5, 0.6) is 5.75 Å². The van der Waals surface area contributed by atoms with Gasteiger partial charge < -0.3 is 14.6 Å². The smallest absolute Gasteiger partial charge is 0.133 e. The van der Waals surface area contributed by atoms with Crippen LogP contribution in [0.1, 0.15) is 43.0 Å². The quantitative estimate of drug-likeness (QED) is 0.938. The number of hydrogen-bond donors (Lipinski definition) is 1. The largest absolute Gasteiger partial charge is 0.487 e. The summed E-state index contributed by atoms with van der Waals surface area (Å²) in [6, 6.07) is 6.59. The van der Waals surface area contributed by atoms with Crippen molar-refractivity contribution in [3.63, 3.8) is 0 Å². The van der Waals surface area contributed by atoms with Crippen LogP contribution >= 0.6 is 0 Å². The van der Waals surface area contributed by atoms with E-state index in [-0.39, 0.29) is 5.60 Å². The van der Waals surface area contributed by atoms with Crippen molar-refractivity contribution < 1.29 is 4.74 Å². The summed E-state index contributed by atoms with van der Waals surface area (Å²) in [5.74, 6) is 3.89. The van der Waals surface area contributed by atoms with Crippen molar-refractivity contribution in [3.8, 4) is 5.75 Å². The zero-order chi connectivity index (χ0) is 16.7. The van der Waals surface area contributed by atoms with Gasteiger partial charge in [0.2, 0.25) is 0 Å². The van der Waals surface area contributed by atoms with Crippen molar-refractivity contribution >= 4 is 0 Å². The Kier molecular flexibility index (Phi) is 3.83. The monoisotopic (exact) mass is 326 g/mol. The minimum absolute atomic E-state index is 0.0646. The summed E-state index contributed by atoms with van der Waals surface area (Å²) in [6.07, 6.45) is 3.23. The van der Waals surface area contributed by atoms with Gasteiger partial charge in [-0.2, -0.15) is 0 Å². The van der Waals surface area contributed by atoms with Crippen LogP contribution in [-0.4, -0.2) is 26.9 Å². The van der Waals surface area contributed by atoms with Crippen LogP contribution in [0.3, 0.4) is 0 Å². The molecular weight excluding hydrogens is 300 g/mol. The highest BCUT2D eigenvalue weighted by Crippen LogP contribution is 2.35. The van der Waals surface area contributed by atoms with Gasteiger partial charge in [-0.1, -0.05) is 12.1 Å². The Hall–Kier alpha value is -1.88. The number of hydrogen-bond acceptors (Lipinski definition) is 4. The van der Waals surface area contributed by atoms with E-state index in [2.05, 4.69) is 52.1 Å². The van der Waals surface area contributed by atoms with Crippen molar-refractivity contribution in [3.05, 3.63) is 41.0 Å². The molecule has 0 bridgehead atoms. The molecular formula is C19H26N4O. The lowest BCUT2D eigenvalue weighted by Crippen LogP contribution is -2.30. The standard InChI is InChI=1S/C19H26N4O/c1-13-21-22-18-7-5-15(12-23(13)18)11-20-10-14-4-6-17-16(8-14)9-19(2,3)24-17/h4,6,8,15,20H,5,7,9-12H2,1-3H3/t15-/m1/s1. The molecule has 1 aromatic carbocycles. The van der Waals surface area contributed by atoms with E-state index >= 15 is 0 Å². The number of nitrogens with zero attached hydrogens (tertiary/aromatic N) is 3. The van der Waals surface area contributed by atoms with E-state index in [1.165, 1.54) is 17.5 Å². The molecule has 2 aromatic rings. The van der Waals surface area contributed by atoms with Crippen LogP contribution in [0.15, 0.2) is 18.2 Å². The van der Waals surface area contributed by atoms with Gasteiger partial charge in [-0.25, -0.2) is 0 Å². The summed E-state index contributed by atoms with van der Waals surface area (Å²) in [7, 11) is 0. The molecule has 0 aliphatic carbocycles. The van der Waals surface area contributed by atoms with E-state index in [9.17, 15) is 0 Å². The van der Waals surface area contributed by atoms with Crippen molar-refractivity contribution in [1.82, 2.24) is 20.1 Å². The molecule has 4 rings (SSSR count). The Morgan fingerprint density at radius 3 is 3.08 bits per heavy atom. The first-order valence-corrected chi connectivity index (χ1v) is 8.90. The summed E-state index contributed by atoms with van der Waals surface area (Å²) in [5, 5.41) is 12.1. The lowest BCUT2D eigenvalue weighted by molar-refractivity contribution is 0.138. The van der Waals surface area contributed by atoms with Gasteiger partial charge in [0.15, 0.2) is 0 Å². The van der Waals surface area contributed by atoms with Crippen LogP contribution in [0.25, 0.3) is 0 Å². The zero-order valence-electron chi connectivity index (χ0n) is 14.8. The van der Waals surface area contributed by atoms with Gasteiger partial charge >= 0.3 is 0 Å². The minimum atomic E-state index is -0.0646. The Morgan fingerprint density at radius 1 is 1.33 bits per heavy atom. The van der Waals surface area contributed by atoms with Crippen LogP contribution < -0.4 is 10.1 Å². The van der Waals surface area contributed by atoms with Gasteiger partial charge in [-0.3, -0.25) is 0 Å². The molecule has 0 saturated heterocycles. The molecule has 1 N–H and O–H groups in total. The number of benzene rings is 1. The van der Waals surface area contributed by atoms with Gasteiger partial charge in [0, 0.05) is 25.9 Å². The normalized spacial score (nSPS) is 21.2. The Bertz CT molecular complexity index is 750. The molecule has 24 heavy (non-hydrogen) atoms. The highest BCUT2D eigenvalue weighted by molar-refractivity contribution is 5.41. The molecule has 0 fully saturated rings. The first-order chi connectivity index (χ1) is 11.5. The first-order valence-electron chi connectivity index (χ1n) is 8.90. The van der Waals surface area contributed by atoms with Crippen LogP contribution in [0, 0.1) is 12.8 Å². The predicted molar refractivity (Wildman–Crippen MR) is 93.1 cm³/mol. The Morgan fingerprint density at radius 2 is 2.21 bits per heavy atom. The molecule has 2 aliphatic heterocycles. The molecule has 0 saturated carbocycles. The zero-order valence-corrected chi connectivity index (χ0v) is 14.8. The van der Waals surface area contributed by atoms with Gasteiger partial charge in [-0.05, 0) is 56.8 Å². The molecule has 3 heterocycles. The Balaban J connectivity index is 1.32. The molecule has 0 amide bonds. The lowest BCUT2D eigenvalue weighted by atomic mass is 9.98. The number of fused-ring (bicyclic) bond motifs is 2. The highest BCUT2D eigenvalue weighted by atomic mass is 16.5. The van der Waals surface area contributed by atoms with Gasteiger partial charge in [0.05, 0.1) is 0 Å². The molecule has 5 nitrogen and oxygen atoms in total. The van der Waals surface area contributed by atoms with Crippen molar-refractivity contribution in [2.24, 2.45) is 5.92 Å². The van der Waals surface area contributed by atoms with Crippen molar-refractivity contribution in [1.29, 1.82) is 0 Å². The van der Waals surface area contributed by atoms with Crippen LogP contribution in [0.2, 0.25) is 0 Å². The number of aryl methyl sites for hydroxylation is 2. The number of aromatic nitrogens is 3. The van der Waals surface area contributed by atoms with E-state index < -0.39 is 0 Å². The average Bonchev–Trinajstić information content (AvgIpc) is 3.05. The molecule has 0 unspecified atom stereocenters. The van der Waals surface area contributed by atoms with E-state index in [1.54, 1.807) is 0 Å². The van der Waals surface area contributed by atoms with Gasteiger partial charge in [0.25, 0.3) is 0 Å². The summed E-state index contributed by atoms with van der Waals surface area (Å²) >= 11 is 0. The summed E-state index contributed by atoms with van der Waals surface area (Å²) < 4.78 is 8.22. The second-order valence-corrected chi connectivity index (χ2v) is 7.79. The van der Waals surface area contributed by atoms with Crippen molar-refractivity contribution in [2.75, 3.05) is 6.54 Å². The maximum Gasteiger partial charge on any atom is 0.133 e. The number of ether oxygens (including phenoxy) is 1. The lowest BCUT2D eigenvalue weighted by Gasteiger charge is -2.24. The highest BCUT2D eigenvalue weighted by Gasteiger charge is 2.29. The SMILES string of the molecule is Cc1nnc2n1C[C@@H](CNCc1ccc3c(c1)CC(C)(C)O3)CC2. The molecule has 0 radical (unpaired) electrons. The van der Waals surface area contributed by atoms with Crippen LogP contribution in [-0.2, 0) is 25.9 Å². The Labute approximate surface area is 143 Å². The van der Waals surface area contributed by atoms with E-state index in [0.29, 0.717) is 5.92 Å². The summed E-state index contributed by atoms with van der Waals surface area (Å²) in [6.45, 7) is 9.33. The van der Waals surface area contributed by atoms with E-state index in [0.717, 1.165) is 49.9 Å². The third-order valence-corrected chi connectivity index (χ3v) is 5.12. The maximum atomic E-state index is 5.95. The number of rotatable bonds is 4. The molecule has 2 aliphatic rings. The maximum absolute atomic E-state index is 5.95. The second-order valence-electron chi connectivity index (χ2n) is 7.79. The molecule has 1 atom stereocenters. The molecule has 0 spiro atoms. The third kappa shape index (κ3) is 3.05. The fraction of sp³-hybridized carbons (Fsp3) is 0.579. The molecule has 128 valence electrons. The fourth-order valence-electron chi connectivity index (χ4n) is 3.89.